The van der Waals surface area contributed by atoms with Gasteiger partial charge >= 0.3 is 0 Å². The quantitative estimate of drug-likeness (QED) is 0.239. The van der Waals surface area contributed by atoms with Crippen molar-refractivity contribution in [2.45, 2.75) is 18.9 Å². The molecule has 1 aliphatic heterocycles. The van der Waals surface area contributed by atoms with Crippen LogP contribution in [-0.2, 0) is 0 Å². The number of piperidine rings is 1. The van der Waals surface area contributed by atoms with Gasteiger partial charge in [0.05, 0.1) is 17.9 Å². The van der Waals surface area contributed by atoms with Gasteiger partial charge in [0.1, 0.15) is 5.82 Å². The second-order valence-corrected chi connectivity index (χ2v) is 8.25. The van der Waals surface area contributed by atoms with Crippen molar-refractivity contribution in [2.75, 3.05) is 37.2 Å². The summed E-state index contributed by atoms with van der Waals surface area (Å²) in [7, 11) is 0. The van der Waals surface area contributed by atoms with Gasteiger partial charge in [-0.1, -0.05) is 30.3 Å². The molecule has 4 rings (SSSR count). The van der Waals surface area contributed by atoms with E-state index >= 15 is 0 Å². The van der Waals surface area contributed by atoms with Crippen LogP contribution < -0.4 is 16.8 Å². The van der Waals surface area contributed by atoms with Gasteiger partial charge in [-0.15, -0.1) is 0 Å². The number of nitrogens with zero attached hydrogens (tertiary/aromatic N) is 4. The smallest absolute Gasteiger partial charge is 0.224 e. The lowest BCUT2D eigenvalue weighted by atomic mass is 9.87. The van der Waals surface area contributed by atoms with E-state index < -0.39 is 6.10 Å². The van der Waals surface area contributed by atoms with Crippen LogP contribution in [0.5, 0.6) is 0 Å². The fourth-order valence-electron chi connectivity index (χ4n) is 4.17. The molecule has 1 saturated heterocycles. The van der Waals surface area contributed by atoms with Crippen LogP contribution in [0.3, 0.4) is 0 Å². The average Bonchev–Trinajstić information content (AvgIpc) is 3.40. The zero-order chi connectivity index (χ0) is 23.9. The maximum absolute atomic E-state index is 10.7. The number of aliphatic imine (C=N–C) groups is 1. The highest BCUT2D eigenvalue weighted by molar-refractivity contribution is 5.99. The van der Waals surface area contributed by atoms with E-state index in [-0.39, 0.29) is 23.5 Å². The van der Waals surface area contributed by atoms with Crippen LogP contribution >= 0.6 is 0 Å². The lowest BCUT2D eigenvalue weighted by Crippen LogP contribution is -2.38. The Morgan fingerprint density at radius 2 is 2.00 bits per heavy atom. The third kappa shape index (κ3) is 5.59. The van der Waals surface area contributed by atoms with Crippen LogP contribution in [0.15, 0.2) is 58.1 Å². The number of likely N-dealkylation sites (tertiary alicyclic amines) is 1. The Hall–Kier alpha value is -3.76. The van der Waals surface area contributed by atoms with Crippen LogP contribution in [0.2, 0.25) is 0 Å². The van der Waals surface area contributed by atoms with E-state index in [1.54, 1.807) is 12.1 Å². The zero-order valence-electron chi connectivity index (χ0n) is 18.9. The van der Waals surface area contributed by atoms with E-state index in [1.807, 2.05) is 30.3 Å². The lowest BCUT2D eigenvalue weighted by Gasteiger charge is -2.34. The number of aromatic nitrogens is 2. The summed E-state index contributed by atoms with van der Waals surface area (Å²) in [6.45, 7) is 3.23. The molecule has 0 spiro atoms. The van der Waals surface area contributed by atoms with Gasteiger partial charge < -0.3 is 36.6 Å². The first-order valence-electron chi connectivity index (χ1n) is 11.3. The summed E-state index contributed by atoms with van der Waals surface area (Å²) in [6, 6.07) is 13.3. The molecule has 3 aromatic rings. The summed E-state index contributed by atoms with van der Waals surface area (Å²) >= 11 is 0. The van der Waals surface area contributed by atoms with Gasteiger partial charge in [-0.25, -0.2) is 4.99 Å². The molecule has 0 radical (unpaired) electrons. The fourth-order valence-corrected chi connectivity index (χ4v) is 4.17. The lowest BCUT2D eigenvalue weighted by molar-refractivity contribution is 0.0600. The third-order valence-corrected chi connectivity index (χ3v) is 6.03. The van der Waals surface area contributed by atoms with E-state index in [2.05, 4.69) is 25.2 Å². The number of furan rings is 1. The zero-order valence-corrected chi connectivity index (χ0v) is 18.9. The summed E-state index contributed by atoms with van der Waals surface area (Å²) in [5.41, 5.74) is 13.3. The van der Waals surface area contributed by atoms with Crippen molar-refractivity contribution in [1.82, 2.24) is 14.9 Å². The topological polar surface area (TPSA) is 163 Å². The second kappa shape index (κ2) is 10.9. The van der Waals surface area contributed by atoms with Gasteiger partial charge in [0.25, 0.3) is 0 Å². The minimum Gasteiger partial charge on any atom is -0.461 e. The molecule has 3 heterocycles. The number of benzene rings is 1. The van der Waals surface area contributed by atoms with Gasteiger partial charge in [0.15, 0.2) is 17.4 Å². The van der Waals surface area contributed by atoms with E-state index in [0.29, 0.717) is 23.7 Å². The number of nitrogen functional groups attached to an aromatic ring is 1. The van der Waals surface area contributed by atoms with E-state index in [1.165, 1.54) is 6.26 Å². The van der Waals surface area contributed by atoms with E-state index in [4.69, 9.17) is 21.3 Å². The number of amidine groups is 1. The molecule has 178 valence electrons. The van der Waals surface area contributed by atoms with Gasteiger partial charge in [0.2, 0.25) is 5.95 Å². The van der Waals surface area contributed by atoms with Crippen LogP contribution in [-0.4, -0.2) is 58.2 Å². The molecular weight excluding hydrogens is 432 g/mol. The Morgan fingerprint density at radius 3 is 2.68 bits per heavy atom. The first kappa shape index (κ1) is 23.4. The molecular formula is C24H30N8O2. The summed E-state index contributed by atoms with van der Waals surface area (Å²) in [5, 5.41) is 21.8. The van der Waals surface area contributed by atoms with Gasteiger partial charge in [-0.05, 0) is 49.5 Å². The summed E-state index contributed by atoms with van der Waals surface area (Å²) in [4.78, 5) is 15.0. The second-order valence-electron chi connectivity index (χ2n) is 8.25. The third-order valence-electron chi connectivity index (χ3n) is 6.03. The maximum Gasteiger partial charge on any atom is 0.224 e. The number of hydrogen-bond acceptors (Lipinski definition) is 9. The maximum atomic E-state index is 10.7. The Morgan fingerprint density at radius 1 is 1.24 bits per heavy atom. The van der Waals surface area contributed by atoms with Gasteiger partial charge in [-0.2, -0.15) is 9.97 Å². The van der Waals surface area contributed by atoms with Crippen LogP contribution in [0.25, 0.3) is 0 Å². The number of aliphatic hydroxyl groups excluding tert-OH is 1. The molecule has 10 heteroatoms. The molecule has 34 heavy (non-hydrogen) atoms. The van der Waals surface area contributed by atoms with Crippen molar-refractivity contribution in [3.8, 4) is 0 Å². The molecule has 0 bridgehead atoms. The molecule has 1 aliphatic rings. The largest absolute Gasteiger partial charge is 0.461 e. The van der Waals surface area contributed by atoms with E-state index in [0.717, 1.165) is 44.3 Å². The first-order chi connectivity index (χ1) is 16.5. The van der Waals surface area contributed by atoms with Crippen molar-refractivity contribution >= 4 is 29.6 Å². The minimum absolute atomic E-state index is 0.0369. The van der Waals surface area contributed by atoms with Crippen LogP contribution in [0.4, 0.5) is 17.6 Å². The highest BCUT2D eigenvalue weighted by atomic mass is 16.3. The van der Waals surface area contributed by atoms with Crippen molar-refractivity contribution in [3.05, 3.63) is 65.6 Å². The Bertz CT molecular complexity index is 1110. The predicted octanol–water partition coefficient (Wildman–Crippen LogP) is 2.54. The molecule has 1 unspecified atom stereocenters. The van der Waals surface area contributed by atoms with Crippen molar-refractivity contribution in [1.29, 1.82) is 5.41 Å². The number of nitrogens with one attached hydrogen (secondary N) is 2. The first-order valence-corrected chi connectivity index (χ1v) is 11.3. The number of anilines is 2. The summed E-state index contributed by atoms with van der Waals surface area (Å²) in [5.74, 6) is 1.48. The Balaban J connectivity index is 1.34. The number of hydrogen-bond donors (Lipinski definition) is 5. The van der Waals surface area contributed by atoms with Gasteiger partial charge in [-0.3, -0.25) is 0 Å². The molecule has 2 aromatic heterocycles. The van der Waals surface area contributed by atoms with E-state index in [9.17, 15) is 5.11 Å². The monoisotopic (exact) mass is 462 g/mol. The fraction of sp³-hybridized carbons (Fsp3) is 0.333. The minimum atomic E-state index is -0.423. The van der Waals surface area contributed by atoms with Crippen LogP contribution in [0, 0.1) is 11.3 Å². The van der Waals surface area contributed by atoms with Crippen molar-refractivity contribution < 1.29 is 9.52 Å². The van der Waals surface area contributed by atoms with Gasteiger partial charge in [0, 0.05) is 19.3 Å². The van der Waals surface area contributed by atoms with Crippen LogP contribution in [0.1, 0.15) is 35.8 Å². The molecule has 7 N–H and O–H groups in total. The highest BCUT2D eigenvalue weighted by Gasteiger charge is 2.26. The standard InChI is InChI=1S/C24H30N8O2/c25-15-18-22(30-24(27)31-23(18)29-21(26)19-7-4-14-34-19)28-10-13-32-11-8-17(9-12-32)20(33)16-5-2-1-3-6-16/h1-7,14-15,17,20,25,33H,8-13H2,(H5,26,27,28,29,30,31). The summed E-state index contributed by atoms with van der Waals surface area (Å²) < 4.78 is 5.26. The number of rotatable bonds is 9. The highest BCUT2D eigenvalue weighted by Crippen LogP contribution is 2.30. The molecule has 1 atom stereocenters. The Labute approximate surface area is 198 Å². The molecule has 0 amide bonds. The van der Waals surface area contributed by atoms with Crippen molar-refractivity contribution in [3.63, 3.8) is 0 Å². The Kier molecular flexibility index (Phi) is 7.51. The predicted molar refractivity (Wildman–Crippen MR) is 132 cm³/mol. The molecule has 1 fully saturated rings. The average molecular weight is 463 g/mol. The SMILES string of the molecule is N=Cc1c(N=C(N)c2ccco2)nc(N)nc1NCCN1CCC(C(O)c2ccccc2)CC1. The number of nitrogens with two attached hydrogens (primary N) is 2. The molecule has 0 aliphatic carbocycles. The number of aliphatic hydroxyl groups is 1. The normalized spacial score (nSPS) is 16.3. The van der Waals surface area contributed by atoms with Crippen molar-refractivity contribution in [2.24, 2.45) is 16.6 Å². The molecule has 1 aromatic carbocycles. The molecule has 10 nitrogen and oxygen atoms in total. The summed E-state index contributed by atoms with van der Waals surface area (Å²) in [6.07, 6.45) is 4.09. The molecule has 0 saturated carbocycles.